The minimum absolute atomic E-state index is 0.0906. The molecular weight excluding hydrogens is 532 g/mol. The summed E-state index contributed by atoms with van der Waals surface area (Å²) in [6, 6.07) is 20.8. The number of rotatable bonds is 8. The Labute approximate surface area is 245 Å². The molecule has 1 aliphatic heterocycles. The number of benzene rings is 3. The number of carbonyl (C=O) groups excluding carboxylic acids is 1. The molecule has 9 nitrogen and oxygen atoms in total. The smallest absolute Gasteiger partial charge is 0.226 e. The van der Waals surface area contributed by atoms with Gasteiger partial charge in [0, 0.05) is 29.3 Å². The average Bonchev–Trinajstić information content (AvgIpc) is 3.42. The summed E-state index contributed by atoms with van der Waals surface area (Å²) in [7, 11) is 4.83. The van der Waals surface area contributed by atoms with Gasteiger partial charge < -0.3 is 24.3 Å². The van der Waals surface area contributed by atoms with Crippen LogP contribution in [0.3, 0.4) is 0 Å². The predicted molar refractivity (Wildman–Crippen MR) is 159 cm³/mol. The number of fused-ring (bicyclic) bond motifs is 1. The normalized spacial score (nSPS) is 17.2. The van der Waals surface area contributed by atoms with Crippen molar-refractivity contribution in [1.82, 2.24) is 14.8 Å². The SMILES string of the molecule is COc1cc(OC)cc(-c2nc3n(n2)C(c2ccc(OCc4ccccc4)c(OC)c2)C2=C(CC(C)(C)CC2=O)N3)c1. The van der Waals surface area contributed by atoms with E-state index in [0.717, 1.165) is 28.8 Å². The Morgan fingerprint density at radius 3 is 2.33 bits per heavy atom. The summed E-state index contributed by atoms with van der Waals surface area (Å²) in [5, 5.41) is 8.36. The fraction of sp³-hybridized carbons (Fsp3) is 0.303. The van der Waals surface area contributed by atoms with Crippen molar-refractivity contribution in [2.45, 2.75) is 39.3 Å². The lowest BCUT2D eigenvalue weighted by atomic mass is 9.73. The number of nitrogens with zero attached hydrogens (tertiary/aromatic N) is 3. The van der Waals surface area contributed by atoms with E-state index in [1.807, 2.05) is 60.7 Å². The van der Waals surface area contributed by atoms with Crippen LogP contribution in [-0.4, -0.2) is 41.9 Å². The quantitative estimate of drug-likeness (QED) is 0.269. The molecule has 2 heterocycles. The maximum absolute atomic E-state index is 13.7. The zero-order valence-electron chi connectivity index (χ0n) is 24.4. The molecule has 0 spiro atoms. The third-order valence-electron chi connectivity index (χ3n) is 7.68. The summed E-state index contributed by atoms with van der Waals surface area (Å²) < 4.78 is 24.6. The first-order valence-corrected chi connectivity index (χ1v) is 13.9. The molecule has 0 radical (unpaired) electrons. The average molecular weight is 567 g/mol. The summed E-state index contributed by atoms with van der Waals surface area (Å²) in [5.41, 5.74) is 4.04. The molecule has 4 aromatic rings. The van der Waals surface area contributed by atoms with Crippen LogP contribution in [0.15, 0.2) is 78.0 Å². The van der Waals surface area contributed by atoms with E-state index < -0.39 is 6.04 Å². The molecular formula is C33H34N4O5. The number of ether oxygens (including phenoxy) is 4. The van der Waals surface area contributed by atoms with Gasteiger partial charge in [0.2, 0.25) is 5.95 Å². The van der Waals surface area contributed by atoms with E-state index in [1.54, 1.807) is 32.1 Å². The fourth-order valence-corrected chi connectivity index (χ4v) is 5.68. The Hall–Kier alpha value is -4.79. The van der Waals surface area contributed by atoms with E-state index in [-0.39, 0.29) is 11.2 Å². The summed E-state index contributed by atoms with van der Waals surface area (Å²) in [4.78, 5) is 18.6. The number of nitrogens with one attached hydrogen (secondary N) is 1. The van der Waals surface area contributed by atoms with Crippen molar-refractivity contribution >= 4 is 11.7 Å². The molecule has 6 rings (SSSR count). The summed E-state index contributed by atoms with van der Waals surface area (Å²) >= 11 is 0. The maximum Gasteiger partial charge on any atom is 0.226 e. The van der Waals surface area contributed by atoms with Crippen molar-refractivity contribution in [2.75, 3.05) is 26.6 Å². The molecule has 2 aliphatic rings. The molecule has 9 heteroatoms. The van der Waals surface area contributed by atoms with E-state index in [2.05, 4.69) is 19.2 Å². The molecule has 1 N–H and O–H groups in total. The highest BCUT2D eigenvalue weighted by atomic mass is 16.5. The zero-order chi connectivity index (χ0) is 29.4. The number of methoxy groups -OCH3 is 3. The molecule has 0 fully saturated rings. The number of aromatic nitrogens is 3. The van der Waals surface area contributed by atoms with Crippen LogP contribution in [0.25, 0.3) is 11.4 Å². The number of allylic oxidation sites excluding steroid dienone is 2. The third kappa shape index (κ3) is 5.18. The Morgan fingerprint density at radius 1 is 0.905 bits per heavy atom. The number of ketones is 1. The second-order valence-electron chi connectivity index (χ2n) is 11.4. The van der Waals surface area contributed by atoms with Crippen molar-refractivity contribution in [1.29, 1.82) is 0 Å². The third-order valence-corrected chi connectivity index (χ3v) is 7.68. The first kappa shape index (κ1) is 27.4. The van der Waals surface area contributed by atoms with Crippen LogP contribution in [0.5, 0.6) is 23.0 Å². The van der Waals surface area contributed by atoms with Crippen molar-refractivity contribution in [3.8, 4) is 34.4 Å². The highest BCUT2D eigenvalue weighted by Gasteiger charge is 2.42. The van der Waals surface area contributed by atoms with E-state index >= 15 is 0 Å². The molecule has 216 valence electrons. The van der Waals surface area contributed by atoms with Gasteiger partial charge in [-0.3, -0.25) is 4.79 Å². The van der Waals surface area contributed by atoms with Crippen molar-refractivity contribution in [2.24, 2.45) is 5.41 Å². The molecule has 1 unspecified atom stereocenters. The molecule has 3 aromatic carbocycles. The Bertz CT molecular complexity index is 1650. The molecule has 0 saturated heterocycles. The molecule has 1 atom stereocenters. The Kier molecular flexibility index (Phi) is 7.10. The van der Waals surface area contributed by atoms with Gasteiger partial charge in [-0.05, 0) is 47.2 Å². The Morgan fingerprint density at radius 2 is 1.64 bits per heavy atom. The molecule has 1 aliphatic carbocycles. The summed E-state index contributed by atoms with van der Waals surface area (Å²) in [6.07, 6.45) is 1.17. The van der Waals surface area contributed by atoms with E-state index in [0.29, 0.717) is 53.4 Å². The minimum Gasteiger partial charge on any atom is -0.497 e. The summed E-state index contributed by atoms with van der Waals surface area (Å²) in [6.45, 7) is 4.63. The summed E-state index contributed by atoms with van der Waals surface area (Å²) in [5.74, 6) is 3.59. The van der Waals surface area contributed by atoms with Gasteiger partial charge in [0.05, 0.1) is 21.3 Å². The number of hydrogen-bond acceptors (Lipinski definition) is 8. The zero-order valence-corrected chi connectivity index (χ0v) is 24.4. The van der Waals surface area contributed by atoms with Crippen molar-refractivity contribution in [3.63, 3.8) is 0 Å². The van der Waals surface area contributed by atoms with Crippen molar-refractivity contribution in [3.05, 3.63) is 89.1 Å². The van der Waals surface area contributed by atoms with Crippen LogP contribution in [0.4, 0.5) is 5.95 Å². The minimum atomic E-state index is -0.495. The highest BCUT2D eigenvalue weighted by Crippen LogP contribution is 2.47. The second kappa shape index (κ2) is 10.9. The van der Waals surface area contributed by atoms with Gasteiger partial charge in [-0.1, -0.05) is 50.2 Å². The van der Waals surface area contributed by atoms with Gasteiger partial charge in [-0.2, -0.15) is 4.98 Å². The van der Waals surface area contributed by atoms with Crippen LogP contribution in [0, 0.1) is 5.41 Å². The number of hydrogen-bond donors (Lipinski definition) is 1. The maximum atomic E-state index is 13.7. The van der Waals surface area contributed by atoms with Crippen LogP contribution < -0.4 is 24.3 Å². The van der Waals surface area contributed by atoms with Gasteiger partial charge in [0.25, 0.3) is 0 Å². The largest absolute Gasteiger partial charge is 0.497 e. The van der Waals surface area contributed by atoms with Gasteiger partial charge >= 0.3 is 0 Å². The molecule has 1 aromatic heterocycles. The first-order valence-electron chi connectivity index (χ1n) is 13.9. The predicted octanol–water partition coefficient (Wildman–Crippen LogP) is 6.21. The van der Waals surface area contributed by atoms with Crippen molar-refractivity contribution < 1.29 is 23.7 Å². The fourth-order valence-electron chi connectivity index (χ4n) is 5.68. The van der Waals surface area contributed by atoms with Gasteiger partial charge in [0.1, 0.15) is 24.1 Å². The van der Waals surface area contributed by atoms with Crippen LogP contribution >= 0.6 is 0 Å². The van der Waals surface area contributed by atoms with Gasteiger partial charge in [0.15, 0.2) is 23.1 Å². The lowest BCUT2D eigenvalue weighted by Crippen LogP contribution is -2.36. The van der Waals surface area contributed by atoms with Crippen LogP contribution in [0.1, 0.15) is 43.9 Å². The second-order valence-corrected chi connectivity index (χ2v) is 11.4. The molecule has 0 bridgehead atoms. The topological polar surface area (TPSA) is 96.7 Å². The van der Waals surface area contributed by atoms with Crippen LogP contribution in [0.2, 0.25) is 0 Å². The number of Topliss-reactive ketones (excluding diaryl/α,β-unsaturated/α-hetero) is 1. The lowest BCUT2D eigenvalue weighted by Gasteiger charge is -2.38. The first-order chi connectivity index (χ1) is 20.3. The monoisotopic (exact) mass is 566 g/mol. The standard InChI is InChI=1S/C33H34N4O5/c1-33(2)17-25-29(26(38)18-33)30(21-11-12-27(28(15-21)41-5)42-19-20-9-7-6-8-10-20)37-32(34-25)35-31(36-37)22-13-23(39-3)16-24(14-22)40-4/h6-16,30H,17-19H2,1-5H3,(H,34,35,36). The van der Waals surface area contributed by atoms with E-state index in [4.69, 9.17) is 29.0 Å². The Balaban J connectivity index is 1.43. The lowest BCUT2D eigenvalue weighted by molar-refractivity contribution is -0.118. The number of anilines is 1. The molecule has 0 amide bonds. The van der Waals surface area contributed by atoms with E-state index in [9.17, 15) is 4.79 Å². The highest BCUT2D eigenvalue weighted by molar-refractivity contribution is 6.00. The van der Waals surface area contributed by atoms with Gasteiger partial charge in [-0.15, -0.1) is 5.10 Å². The molecule has 42 heavy (non-hydrogen) atoms. The molecule has 0 saturated carbocycles. The van der Waals surface area contributed by atoms with Crippen LogP contribution in [-0.2, 0) is 11.4 Å². The van der Waals surface area contributed by atoms with E-state index in [1.165, 1.54) is 0 Å². The number of carbonyl (C=O) groups is 1. The van der Waals surface area contributed by atoms with Gasteiger partial charge in [-0.25, -0.2) is 4.68 Å².